The van der Waals surface area contributed by atoms with Crippen LogP contribution in [0.5, 0.6) is 0 Å². The molecule has 0 saturated carbocycles. The second kappa shape index (κ2) is 6.78. The number of carbonyl (C=O) groups is 1. The van der Waals surface area contributed by atoms with Gasteiger partial charge < -0.3 is 10.2 Å². The maximum Gasteiger partial charge on any atom is 0.231 e. The Morgan fingerprint density at radius 1 is 1.11 bits per heavy atom. The van der Waals surface area contributed by atoms with Crippen molar-refractivity contribution < 1.29 is 4.79 Å². The number of nitrogens with zero attached hydrogens (tertiary/aromatic N) is 3. The van der Waals surface area contributed by atoms with Gasteiger partial charge >= 0.3 is 0 Å². The first-order valence-corrected chi connectivity index (χ1v) is 10.8. The average Bonchev–Trinajstić information content (AvgIpc) is 2.76. The molecule has 28 heavy (non-hydrogen) atoms. The van der Waals surface area contributed by atoms with Gasteiger partial charge in [-0.3, -0.25) is 4.79 Å². The van der Waals surface area contributed by atoms with Crippen LogP contribution in [0.1, 0.15) is 24.0 Å². The van der Waals surface area contributed by atoms with E-state index in [4.69, 9.17) is 0 Å². The number of hydrogen-bond acceptors (Lipinski definition) is 5. The minimum Gasteiger partial charge on any atom is -0.356 e. The molecule has 2 aliphatic rings. The highest BCUT2D eigenvalue weighted by molar-refractivity contribution is 7.98. The summed E-state index contributed by atoms with van der Waals surface area (Å²) in [6, 6.07) is 14.7. The number of nitrogens with one attached hydrogen (secondary N) is 1. The number of piperidine rings is 1. The molecule has 1 saturated heterocycles. The lowest BCUT2D eigenvalue weighted by Gasteiger charge is -2.44. The number of fused-ring (bicyclic) bond motifs is 3. The highest BCUT2D eigenvalue weighted by Crippen LogP contribution is 2.41. The van der Waals surface area contributed by atoms with Crippen LogP contribution in [0.25, 0.3) is 10.9 Å². The Kier molecular flexibility index (Phi) is 4.23. The van der Waals surface area contributed by atoms with Crippen LogP contribution in [-0.2, 0) is 16.8 Å². The zero-order valence-corrected chi connectivity index (χ0v) is 16.6. The van der Waals surface area contributed by atoms with Gasteiger partial charge in [0.25, 0.3) is 0 Å². The summed E-state index contributed by atoms with van der Waals surface area (Å²) in [4.78, 5) is 25.5. The normalized spacial score (nSPS) is 18.2. The third-order valence-electron chi connectivity index (χ3n) is 6.14. The number of carbonyl (C=O) groups excluding carboxylic acids is 1. The van der Waals surface area contributed by atoms with Crippen LogP contribution < -0.4 is 10.2 Å². The number of hydrogen-bond donors (Lipinski definition) is 1. The van der Waals surface area contributed by atoms with Crippen LogP contribution in [0.2, 0.25) is 0 Å². The van der Waals surface area contributed by atoms with E-state index in [0.29, 0.717) is 6.54 Å². The first-order chi connectivity index (χ1) is 13.7. The fourth-order valence-electron chi connectivity index (χ4n) is 4.61. The number of anilines is 1. The molecule has 6 heteroatoms. The van der Waals surface area contributed by atoms with E-state index in [-0.39, 0.29) is 5.91 Å². The minimum atomic E-state index is -0.418. The van der Waals surface area contributed by atoms with Gasteiger partial charge in [-0.25, -0.2) is 9.97 Å². The molecule has 0 atom stereocenters. The molecular formula is C22H22N4OS. The van der Waals surface area contributed by atoms with E-state index in [2.05, 4.69) is 62.8 Å². The van der Waals surface area contributed by atoms with Crippen molar-refractivity contribution in [1.82, 2.24) is 15.3 Å². The minimum absolute atomic E-state index is 0.170. The summed E-state index contributed by atoms with van der Waals surface area (Å²) in [6.45, 7) is 2.24. The smallest absolute Gasteiger partial charge is 0.231 e. The lowest BCUT2D eigenvalue weighted by molar-refractivity contribution is -0.128. The number of aromatic nitrogens is 2. The Morgan fingerprint density at radius 3 is 2.75 bits per heavy atom. The van der Waals surface area contributed by atoms with E-state index in [1.807, 2.05) is 6.07 Å². The van der Waals surface area contributed by atoms with Crippen LogP contribution in [0.15, 0.2) is 53.7 Å². The summed E-state index contributed by atoms with van der Waals surface area (Å²) in [7, 11) is 0. The van der Waals surface area contributed by atoms with Crippen molar-refractivity contribution in [3.05, 3.63) is 59.9 Å². The Balaban J connectivity index is 1.49. The Morgan fingerprint density at radius 2 is 1.93 bits per heavy atom. The SMILES string of the molecule is CSc1ccc2ncnc(N3CCC4(CC3)C(=O)NCc3ccccc34)c2c1. The number of thioether (sulfide) groups is 1. The molecule has 1 N–H and O–H groups in total. The molecular weight excluding hydrogens is 368 g/mol. The average molecular weight is 391 g/mol. The first-order valence-electron chi connectivity index (χ1n) is 9.62. The van der Waals surface area contributed by atoms with Crippen molar-refractivity contribution in [3.63, 3.8) is 0 Å². The van der Waals surface area contributed by atoms with Gasteiger partial charge in [-0.2, -0.15) is 0 Å². The van der Waals surface area contributed by atoms with E-state index in [1.54, 1.807) is 18.1 Å². The topological polar surface area (TPSA) is 58.1 Å². The Bertz CT molecular complexity index is 1060. The Labute approximate surface area is 168 Å². The van der Waals surface area contributed by atoms with Gasteiger partial charge in [0.05, 0.1) is 10.9 Å². The van der Waals surface area contributed by atoms with E-state index >= 15 is 0 Å². The third-order valence-corrected chi connectivity index (χ3v) is 6.87. The predicted octanol–water partition coefficient (Wildman–Crippen LogP) is 3.52. The lowest BCUT2D eigenvalue weighted by atomic mass is 9.68. The molecule has 0 bridgehead atoms. The van der Waals surface area contributed by atoms with Crippen molar-refractivity contribution in [2.75, 3.05) is 24.2 Å². The van der Waals surface area contributed by atoms with Crippen LogP contribution in [0.3, 0.4) is 0 Å². The van der Waals surface area contributed by atoms with E-state index < -0.39 is 5.41 Å². The van der Waals surface area contributed by atoms with Gasteiger partial charge in [-0.15, -0.1) is 11.8 Å². The van der Waals surface area contributed by atoms with Crippen molar-refractivity contribution in [2.24, 2.45) is 0 Å². The van der Waals surface area contributed by atoms with Gasteiger partial charge in [0.2, 0.25) is 5.91 Å². The summed E-state index contributed by atoms with van der Waals surface area (Å²) >= 11 is 1.72. The predicted molar refractivity (Wildman–Crippen MR) is 113 cm³/mol. The molecule has 5 nitrogen and oxygen atoms in total. The molecule has 142 valence electrons. The molecule has 1 fully saturated rings. The van der Waals surface area contributed by atoms with E-state index in [1.165, 1.54) is 16.0 Å². The van der Waals surface area contributed by atoms with Crippen molar-refractivity contribution >= 4 is 34.4 Å². The van der Waals surface area contributed by atoms with Gasteiger partial charge in [0, 0.05) is 29.9 Å². The summed E-state index contributed by atoms with van der Waals surface area (Å²) in [5.41, 5.74) is 2.99. The lowest BCUT2D eigenvalue weighted by Crippen LogP contribution is -2.54. The van der Waals surface area contributed by atoms with Crippen LogP contribution in [-0.4, -0.2) is 35.2 Å². The molecule has 1 aromatic heterocycles. The molecule has 0 unspecified atom stereocenters. The molecule has 1 spiro atoms. The number of amides is 1. The number of benzene rings is 2. The quantitative estimate of drug-likeness (QED) is 0.679. The van der Waals surface area contributed by atoms with Gasteiger partial charge in [-0.05, 0) is 48.4 Å². The molecule has 2 aromatic carbocycles. The molecule has 3 heterocycles. The van der Waals surface area contributed by atoms with Crippen LogP contribution in [0, 0.1) is 0 Å². The molecule has 1 amide bonds. The molecule has 3 aromatic rings. The molecule has 5 rings (SSSR count). The zero-order chi connectivity index (χ0) is 19.1. The second-order valence-electron chi connectivity index (χ2n) is 7.49. The van der Waals surface area contributed by atoms with Gasteiger partial charge in [-0.1, -0.05) is 24.3 Å². The van der Waals surface area contributed by atoms with E-state index in [0.717, 1.165) is 42.7 Å². The third kappa shape index (κ3) is 2.66. The van der Waals surface area contributed by atoms with Crippen molar-refractivity contribution in [1.29, 1.82) is 0 Å². The van der Waals surface area contributed by atoms with Gasteiger partial charge in [0.15, 0.2) is 0 Å². The zero-order valence-electron chi connectivity index (χ0n) is 15.8. The summed E-state index contributed by atoms with van der Waals surface area (Å²) < 4.78 is 0. The summed E-state index contributed by atoms with van der Waals surface area (Å²) in [5.74, 6) is 1.14. The molecule has 0 radical (unpaired) electrons. The summed E-state index contributed by atoms with van der Waals surface area (Å²) in [6.07, 6.45) is 5.31. The summed E-state index contributed by atoms with van der Waals surface area (Å²) in [5, 5.41) is 4.19. The van der Waals surface area contributed by atoms with E-state index in [9.17, 15) is 4.79 Å². The number of rotatable bonds is 2. The molecule has 0 aliphatic carbocycles. The fourth-order valence-corrected chi connectivity index (χ4v) is 5.05. The van der Waals surface area contributed by atoms with Crippen molar-refractivity contribution in [2.45, 2.75) is 29.7 Å². The second-order valence-corrected chi connectivity index (χ2v) is 8.37. The monoisotopic (exact) mass is 390 g/mol. The van der Waals surface area contributed by atoms with Crippen LogP contribution in [0.4, 0.5) is 5.82 Å². The fraction of sp³-hybridized carbons (Fsp3) is 0.318. The van der Waals surface area contributed by atoms with Crippen LogP contribution >= 0.6 is 11.8 Å². The Hall–Kier alpha value is -2.60. The van der Waals surface area contributed by atoms with Gasteiger partial charge in [0.1, 0.15) is 12.1 Å². The molecule has 2 aliphatic heterocycles. The highest BCUT2D eigenvalue weighted by atomic mass is 32.2. The highest BCUT2D eigenvalue weighted by Gasteiger charge is 2.46. The standard InChI is InChI=1S/C22H22N4OS/c1-28-16-6-7-19-17(12-16)20(25-14-24-19)26-10-8-22(9-11-26)18-5-3-2-4-15(18)13-23-21(22)27/h2-7,12,14H,8-11,13H2,1H3,(H,23,27). The van der Waals surface area contributed by atoms with Crippen molar-refractivity contribution in [3.8, 4) is 0 Å². The maximum absolute atomic E-state index is 12.9. The maximum atomic E-state index is 12.9. The largest absolute Gasteiger partial charge is 0.356 e. The first kappa shape index (κ1) is 17.5.